The number of hydrogen-bond donors (Lipinski definition) is 0. The summed E-state index contributed by atoms with van der Waals surface area (Å²) in [7, 11) is 0. The Morgan fingerprint density at radius 3 is 1.23 bits per heavy atom. The van der Waals surface area contributed by atoms with Gasteiger partial charge in [0.15, 0.2) is 0 Å². The Hall–Kier alpha value is -1.85. The van der Waals surface area contributed by atoms with Crippen molar-refractivity contribution in [3.8, 4) is 0 Å². The molecule has 4 nitrogen and oxygen atoms in total. The Bertz CT molecular complexity index is 789. The molecule has 160 valence electrons. The molecule has 0 saturated heterocycles. The Labute approximate surface area is 206 Å². The first-order valence-electron chi connectivity index (χ1n) is 8.63. The van der Waals surface area contributed by atoms with Gasteiger partial charge < -0.3 is 45.9 Å². The third-order valence-corrected chi connectivity index (χ3v) is 4.31. The van der Waals surface area contributed by atoms with Gasteiger partial charge in [0.1, 0.15) is 0 Å². The topological polar surface area (TPSA) is 81.7 Å². The number of carbonyl (C=O) groups excluding carboxylic acids is 2. The van der Waals surface area contributed by atoms with E-state index in [0.29, 0.717) is 17.0 Å². The van der Waals surface area contributed by atoms with Crippen LogP contribution in [0.5, 0.6) is 0 Å². The fraction of sp³-hybridized carbons (Fsp3) is 0.217. The van der Waals surface area contributed by atoms with Crippen LogP contribution in [0.2, 0.25) is 0 Å². The predicted octanol–water partition coefficient (Wildman–Crippen LogP) is 0.485. The molecular formula is C23H25Cl2N2O2Ti-3. The van der Waals surface area contributed by atoms with Crippen LogP contribution in [0.1, 0.15) is 48.4 Å². The normalized spacial score (nSPS) is 13.5. The number of rotatable bonds is 2. The third-order valence-electron chi connectivity index (χ3n) is 4.31. The minimum atomic E-state index is -0.629. The standard InChI is InChI=1S/C9H13.2C7H7NO.2ClH.Ti/c1-6-5-7(2)9(4)8(6)3;2*8-7(9)6-4-2-1-3-5-6;;;/h6H,1-4H3;2*1-5H,(H2,8,9);2*1H;/q-1;;;;;+2/p-4. The van der Waals surface area contributed by atoms with Gasteiger partial charge >= 0.3 is 21.7 Å². The Balaban J connectivity index is -0.000000347. The zero-order chi connectivity index (χ0) is 20.4. The van der Waals surface area contributed by atoms with Gasteiger partial charge in [0.25, 0.3) is 0 Å². The summed E-state index contributed by atoms with van der Waals surface area (Å²) in [5, 5.41) is 0. The summed E-state index contributed by atoms with van der Waals surface area (Å²) in [5.74, 6) is -0.698. The first-order chi connectivity index (χ1) is 12.7. The smallest absolute Gasteiger partial charge is 1.00 e. The van der Waals surface area contributed by atoms with E-state index in [9.17, 15) is 9.59 Å². The molecule has 0 fully saturated rings. The predicted molar refractivity (Wildman–Crippen MR) is 110 cm³/mol. The Morgan fingerprint density at radius 2 is 1.10 bits per heavy atom. The van der Waals surface area contributed by atoms with Crippen LogP contribution in [-0.2, 0) is 21.7 Å². The van der Waals surface area contributed by atoms with E-state index in [2.05, 4.69) is 33.8 Å². The van der Waals surface area contributed by atoms with Crippen LogP contribution < -0.4 is 24.8 Å². The third kappa shape index (κ3) is 11.4. The summed E-state index contributed by atoms with van der Waals surface area (Å²) >= 11 is 0. The van der Waals surface area contributed by atoms with Gasteiger partial charge in [-0.2, -0.15) is 11.1 Å². The molecular weight excluding hydrogens is 455 g/mol. The molecule has 30 heavy (non-hydrogen) atoms. The van der Waals surface area contributed by atoms with Crippen molar-refractivity contribution in [1.29, 1.82) is 0 Å². The minimum absolute atomic E-state index is 0. The number of carbonyl (C=O) groups is 2. The molecule has 1 aliphatic rings. The molecule has 0 saturated carbocycles. The summed E-state index contributed by atoms with van der Waals surface area (Å²) < 4.78 is 0. The number of nitrogens with one attached hydrogen (secondary N) is 2. The van der Waals surface area contributed by atoms with Crippen molar-refractivity contribution >= 4 is 11.8 Å². The number of amides is 2. The summed E-state index contributed by atoms with van der Waals surface area (Å²) in [6, 6.07) is 17.1. The van der Waals surface area contributed by atoms with Crippen LogP contribution in [0.25, 0.3) is 11.5 Å². The zero-order valence-electron chi connectivity index (χ0n) is 17.4. The quantitative estimate of drug-likeness (QED) is 0.463. The molecule has 0 spiro atoms. The molecule has 2 aromatic rings. The van der Waals surface area contributed by atoms with Gasteiger partial charge in [-0.05, 0) is 11.1 Å². The largest absolute Gasteiger partial charge is 2.00 e. The number of halogens is 2. The van der Waals surface area contributed by atoms with Crippen molar-refractivity contribution in [2.75, 3.05) is 0 Å². The van der Waals surface area contributed by atoms with Gasteiger partial charge in [-0.1, -0.05) is 87.4 Å². The van der Waals surface area contributed by atoms with Crippen LogP contribution in [0.3, 0.4) is 0 Å². The molecule has 3 rings (SSSR count). The van der Waals surface area contributed by atoms with Crippen molar-refractivity contribution in [2.45, 2.75) is 27.7 Å². The van der Waals surface area contributed by atoms with Crippen LogP contribution >= 0.6 is 0 Å². The molecule has 2 aromatic carbocycles. The second-order valence-electron chi connectivity index (χ2n) is 6.19. The average Bonchev–Trinajstić information content (AvgIpc) is 2.90. The van der Waals surface area contributed by atoms with E-state index in [0.717, 1.165) is 0 Å². The van der Waals surface area contributed by atoms with E-state index in [4.69, 9.17) is 11.5 Å². The molecule has 0 aliphatic heterocycles. The van der Waals surface area contributed by atoms with Crippen LogP contribution in [0, 0.1) is 12.0 Å². The fourth-order valence-electron chi connectivity index (χ4n) is 2.34. The molecule has 7 heteroatoms. The molecule has 0 bridgehead atoms. The van der Waals surface area contributed by atoms with Crippen molar-refractivity contribution in [3.63, 3.8) is 0 Å². The molecule has 0 radical (unpaired) electrons. The molecule has 0 heterocycles. The first-order valence-corrected chi connectivity index (χ1v) is 8.63. The van der Waals surface area contributed by atoms with E-state index in [1.165, 1.54) is 16.7 Å². The Kier molecular flexibility index (Phi) is 18.5. The first kappa shape index (κ1) is 32.8. The second kappa shape index (κ2) is 16.9. The summed E-state index contributed by atoms with van der Waals surface area (Å²) in [6.45, 7) is 8.67. The van der Waals surface area contributed by atoms with Crippen LogP contribution in [0.15, 0.2) is 77.4 Å². The van der Waals surface area contributed by atoms with E-state index in [1.54, 1.807) is 48.5 Å². The van der Waals surface area contributed by atoms with Gasteiger partial charge in [0.2, 0.25) is 0 Å². The van der Waals surface area contributed by atoms with Crippen molar-refractivity contribution in [1.82, 2.24) is 0 Å². The van der Waals surface area contributed by atoms with E-state index in [1.807, 2.05) is 12.1 Å². The van der Waals surface area contributed by atoms with E-state index >= 15 is 0 Å². The van der Waals surface area contributed by atoms with Crippen molar-refractivity contribution in [3.05, 3.63) is 106 Å². The summed E-state index contributed by atoms with van der Waals surface area (Å²) in [6.07, 6.45) is 3.36. The average molecular weight is 480 g/mol. The minimum Gasteiger partial charge on any atom is -1.00 e. The zero-order valence-corrected chi connectivity index (χ0v) is 20.5. The molecule has 2 amide bonds. The van der Waals surface area contributed by atoms with Crippen molar-refractivity contribution in [2.24, 2.45) is 5.92 Å². The Morgan fingerprint density at radius 1 is 0.767 bits per heavy atom. The SMILES string of the molecule is CC1=[C-]C(C)C(C)=C1C.[Cl-].[Cl-].[NH-]C(=O)c1ccccc1.[NH-]C(=O)c1ccccc1.[Ti+2]. The number of allylic oxidation sites excluding steroid dienone is 4. The maximum Gasteiger partial charge on any atom is 2.00 e. The second-order valence-corrected chi connectivity index (χ2v) is 6.19. The van der Waals surface area contributed by atoms with Gasteiger partial charge in [0, 0.05) is 0 Å². The molecule has 1 unspecified atom stereocenters. The van der Waals surface area contributed by atoms with E-state index in [-0.39, 0.29) is 46.5 Å². The van der Waals surface area contributed by atoms with Crippen LogP contribution in [0.4, 0.5) is 0 Å². The molecule has 0 aromatic heterocycles. The van der Waals surface area contributed by atoms with Crippen molar-refractivity contribution < 1.29 is 56.1 Å². The summed E-state index contributed by atoms with van der Waals surface area (Å²) in [5.41, 5.74) is 18.5. The van der Waals surface area contributed by atoms with Gasteiger partial charge in [-0.3, -0.25) is 6.08 Å². The maximum absolute atomic E-state index is 10.3. The van der Waals surface area contributed by atoms with Gasteiger partial charge in [-0.15, -0.1) is 6.92 Å². The van der Waals surface area contributed by atoms with Crippen LogP contribution in [-0.4, -0.2) is 11.8 Å². The molecule has 1 aliphatic carbocycles. The molecule has 2 N–H and O–H groups in total. The molecule has 1 atom stereocenters. The van der Waals surface area contributed by atoms with E-state index < -0.39 is 11.8 Å². The number of benzene rings is 2. The van der Waals surface area contributed by atoms with Gasteiger partial charge in [-0.25, -0.2) is 5.57 Å². The number of hydrogen-bond acceptors (Lipinski definition) is 2. The van der Waals surface area contributed by atoms with Gasteiger partial charge in [0.05, 0.1) is 11.8 Å². The maximum atomic E-state index is 10.3. The monoisotopic (exact) mass is 479 g/mol. The summed E-state index contributed by atoms with van der Waals surface area (Å²) in [4.78, 5) is 20.6. The fourth-order valence-corrected chi connectivity index (χ4v) is 2.34.